The molecule has 0 spiro atoms. The lowest BCUT2D eigenvalue weighted by molar-refractivity contribution is -0.117. The summed E-state index contributed by atoms with van der Waals surface area (Å²) in [6.45, 7) is 3.60. The molecule has 0 fully saturated rings. The number of para-hydroxylation sites is 2. The van der Waals surface area contributed by atoms with Gasteiger partial charge in [-0.15, -0.1) is 0 Å². The minimum absolute atomic E-state index is 0.0151. The fourth-order valence-electron chi connectivity index (χ4n) is 3.20. The van der Waals surface area contributed by atoms with Crippen molar-refractivity contribution in [2.24, 2.45) is 0 Å². The molecule has 1 amide bonds. The molecule has 0 aromatic heterocycles. The van der Waals surface area contributed by atoms with E-state index in [-0.39, 0.29) is 23.8 Å². The van der Waals surface area contributed by atoms with Crippen molar-refractivity contribution in [1.82, 2.24) is 0 Å². The summed E-state index contributed by atoms with van der Waals surface area (Å²) in [6.07, 6.45) is 0.741. The van der Waals surface area contributed by atoms with Crippen LogP contribution in [0.25, 0.3) is 0 Å². The smallest absolute Gasteiger partial charge is 0.224 e. The van der Waals surface area contributed by atoms with Crippen molar-refractivity contribution in [3.63, 3.8) is 0 Å². The first-order valence-electron chi connectivity index (χ1n) is 7.47. The maximum Gasteiger partial charge on any atom is 0.224 e. The summed E-state index contributed by atoms with van der Waals surface area (Å²) in [4.78, 5) is 13.8. The van der Waals surface area contributed by atoms with E-state index in [9.17, 15) is 9.18 Å². The summed E-state index contributed by atoms with van der Waals surface area (Å²) in [5.41, 5.74) is 2.42. The Kier molecular flexibility index (Phi) is 3.84. The third kappa shape index (κ3) is 2.56. The normalized spacial score (nSPS) is 20.4. The number of halogens is 1. The largest absolute Gasteiger partial charge is 0.376 e. The number of hydrogen-bond acceptors (Lipinski definition) is 2. The van der Waals surface area contributed by atoms with Gasteiger partial charge in [0.1, 0.15) is 5.82 Å². The van der Waals surface area contributed by atoms with Crippen molar-refractivity contribution in [3.05, 3.63) is 59.9 Å². The predicted octanol–water partition coefficient (Wildman–Crippen LogP) is 4.12. The lowest BCUT2D eigenvalue weighted by atomic mass is 9.91. The highest BCUT2D eigenvalue weighted by Gasteiger charge is 2.32. The van der Waals surface area contributed by atoms with E-state index < -0.39 is 0 Å². The van der Waals surface area contributed by atoms with E-state index >= 15 is 0 Å². The van der Waals surface area contributed by atoms with Gasteiger partial charge in [-0.2, -0.15) is 0 Å². The number of anilines is 2. The van der Waals surface area contributed by atoms with Gasteiger partial charge in [0.05, 0.1) is 11.7 Å². The van der Waals surface area contributed by atoms with E-state index in [2.05, 4.69) is 5.32 Å². The van der Waals surface area contributed by atoms with Gasteiger partial charge >= 0.3 is 0 Å². The lowest BCUT2D eigenvalue weighted by Gasteiger charge is -2.39. The maximum atomic E-state index is 13.9. The van der Waals surface area contributed by atoms with Crippen LogP contribution in [0, 0.1) is 5.82 Å². The van der Waals surface area contributed by atoms with E-state index in [1.165, 1.54) is 6.07 Å². The van der Waals surface area contributed by atoms with Crippen molar-refractivity contribution in [2.75, 3.05) is 10.2 Å². The van der Waals surface area contributed by atoms with E-state index in [1.807, 2.05) is 42.2 Å². The number of benzene rings is 2. The summed E-state index contributed by atoms with van der Waals surface area (Å²) in [6, 6.07) is 14.5. The second kappa shape index (κ2) is 5.79. The molecule has 2 aromatic rings. The van der Waals surface area contributed by atoms with E-state index in [0.717, 1.165) is 17.7 Å². The van der Waals surface area contributed by atoms with Gasteiger partial charge in [-0.1, -0.05) is 30.3 Å². The number of amides is 1. The molecule has 0 saturated carbocycles. The van der Waals surface area contributed by atoms with Gasteiger partial charge in [0.15, 0.2) is 0 Å². The van der Waals surface area contributed by atoms with Crippen LogP contribution < -0.4 is 10.2 Å². The molecule has 2 aromatic carbocycles. The zero-order valence-corrected chi connectivity index (χ0v) is 12.7. The van der Waals surface area contributed by atoms with Gasteiger partial charge in [-0.25, -0.2) is 4.39 Å². The molecule has 0 aliphatic carbocycles. The number of carbonyl (C=O) groups is 1. The molecular weight excluding hydrogens is 279 g/mol. The first kappa shape index (κ1) is 14.6. The SMILES string of the molecule is CC(=O)N1c2ccccc2[C@@H](Nc2ccccc2F)C[C@H]1C. The Labute approximate surface area is 129 Å². The maximum absolute atomic E-state index is 13.9. The van der Waals surface area contributed by atoms with Crippen molar-refractivity contribution < 1.29 is 9.18 Å². The van der Waals surface area contributed by atoms with Gasteiger partial charge in [0.2, 0.25) is 5.91 Å². The molecule has 114 valence electrons. The van der Waals surface area contributed by atoms with Gasteiger partial charge < -0.3 is 10.2 Å². The molecule has 22 heavy (non-hydrogen) atoms. The first-order chi connectivity index (χ1) is 10.6. The molecule has 4 heteroatoms. The molecule has 1 N–H and O–H groups in total. The van der Waals surface area contributed by atoms with Gasteiger partial charge in [-0.3, -0.25) is 4.79 Å². The van der Waals surface area contributed by atoms with Crippen LogP contribution in [0.3, 0.4) is 0 Å². The molecule has 0 bridgehead atoms. The Morgan fingerprint density at radius 1 is 1.18 bits per heavy atom. The van der Waals surface area contributed by atoms with E-state index in [4.69, 9.17) is 0 Å². The van der Waals surface area contributed by atoms with Crippen LogP contribution in [0.1, 0.15) is 31.9 Å². The fraction of sp³-hybridized carbons (Fsp3) is 0.278. The highest BCUT2D eigenvalue weighted by atomic mass is 19.1. The highest BCUT2D eigenvalue weighted by Crippen LogP contribution is 2.39. The Morgan fingerprint density at radius 2 is 1.86 bits per heavy atom. The monoisotopic (exact) mass is 298 g/mol. The average molecular weight is 298 g/mol. The molecule has 0 radical (unpaired) electrons. The summed E-state index contributed by atoms with van der Waals surface area (Å²) in [7, 11) is 0. The number of fused-ring (bicyclic) bond motifs is 1. The Bertz CT molecular complexity index is 701. The molecule has 1 aliphatic heterocycles. The predicted molar refractivity (Wildman–Crippen MR) is 86.4 cm³/mol. The second-order valence-electron chi connectivity index (χ2n) is 5.71. The molecule has 2 atom stereocenters. The van der Waals surface area contributed by atoms with Crippen LogP contribution in [-0.4, -0.2) is 11.9 Å². The van der Waals surface area contributed by atoms with Crippen molar-refractivity contribution in [2.45, 2.75) is 32.4 Å². The number of nitrogens with zero attached hydrogens (tertiary/aromatic N) is 1. The number of nitrogens with one attached hydrogen (secondary N) is 1. The van der Waals surface area contributed by atoms with Crippen LogP contribution in [0.15, 0.2) is 48.5 Å². The van der Waals surface area contributed by atoms with Crippen LogP contribution in [-0.2, 0) is 4.79 Å². The van der Waals surface area contributed by atoms with Crippen molar-refractivity contribution >= 4 is 17.3 Å². The minimum Gasteiger partial charge on any atom is -0.376 e. The third-order valence-electron chi connectivity index (χ3n) is 4.13. The van der Waals surface area contributed by atoms with Gasteiger partial charge in [0, 0.05) is 18.7 Å². The van der Waals surface area contributed by atoms with Crippen molar-refractivity contribution in [3.8, 4) is 0 Å². The van der Waals surface area contributed by atoms with E-state index in [0.29, 0.717) is 5.69 Å². The molecule has 3 rings (SSSR count). The highest BCUT2D eigenvalue weighted by molar-refractivity contribution is 5.93. The number of carbonyl (C=O) groups excluding carboxylic acids is 1. The first-order valence-corrected chi connectivity index (χ1v) is 7.47. The zero-order valence-electron chi connectivity index (χ0n) is 12.7. The van der Waals surface area contributed by atoms with Gasteiger partial charge in [-0.05, 0) is 37.1 Å². The standard InChI is InChI=1S/C18H19FN2O/c1-12-11-17(20-16-9-5-4-8-15(16)19)14-7-3-6-10-18(14)21(12)13(2)22/h3-10,12,17,20H,11H2,1-2H3/t12-,17+/m1/s1. The van der Waals surface area contributed by atoms with Crippen LogP contribution in [0.5, 0.6) is 0 Å². The van der Waals surface area contributed by atoms with Crippen LogP contribution in [0.4, 0.5) is 15.8 Å². The fourth-order valence-corrected chi connectivity index (χ4v) is 3.20. The molecule has 0 saturated heterocycles. The zero-order chi connectivity index (χ0) is 15.7. The molecule has 1 aliphatic rings. The summed E-state index contributed by atoms with van der Waals surface area (Å²) >= 11 is 0. The number of hydrogen-bond donors (Lipinski definition) is 1. The van der Waals surface area contributed by atoms with E-state index in [1.54, 1.807) is 19.1 Å². The Balaban J connectivity index is 1.98. The topological polar surface area (TPSA) is 32.3 Å². The molecule has 0 unspecified atom stereocenters. The van der Waals surface area contributed by atoms with Crippen LogP contribution in [0.2, 0.25) is 0 Å². The summed E-state index contributed by atoms with van der Waals surface area (Å²) in [5.74, 6) is -0.231. The van der Waals surface area contributed by atoms with Crippen LogP contribution >= 0.6 is 0 Å². The molecule has 3 nitrogen and oxygen atoms in total. The molecular formula is C18H19FN2O. The van der Waals surface area contributed by atoms with Crippen molar-refractivity contribution in [1.29, 1.82) is 0 Å². The summed E-state index contributed by atoms with van der Waals surface area (Å²) < 4.78 is 13.9. The Hall–Kier alpha value is -2.36. The minimum atomic E-state index is -0.262. The number of rotatable bonds is 2. The average Bonchev–Trinajstić information content (AvgIpc) is 2.49. The third-order valence-corrected chi connectivity index (χ3v) is 4.13. The van der Waals surface area contributed by atoms with Gasteiger partial charge in [0.25, 0.3) is 0 Å². The summed E-state index contributed by atoms with van der Waals surface area (Å²) in [5, 5.41) is 3.28. The Morgan fingerprint density at radius 3 is 2.59 bits per heavy atom. The quantitative estimate of drug-likeness (QED) is 0.904. The molecule has 1 heterocycles. The lowest BCUT2D eigenvalue weighted by Crippen LogP contribution is -2.43. The second-order valence-corrected chi connectivity index (χ2v) is 5.71.